The van der Waals surface area contributed by atoms with E-state index < -0.39 is 9.84 Å². The number of allylic oxidation sites excluding steroid dienone is 4. The van der Waals surface area contributed by atoms with Gasteiger partial charge in [0.25, 0.3) is 0 Å². The Kier molecular flexibility index (Phi) is 5.54. The summed E-state index contributed by atoms with van der Waals surface area (Å²) in [5, 5.41) is 11.7. The van der Waals surface area contributed by atoms with E-state index in [0.29, 0.717) is 5.56 Å². The molecule has 216 valence electrons. The maximum absolute atomic E-state index is 13.4. The number of hydrogen-bond donors (Lipinski definition) is 0. The average molecular weight is 603 g/mol. The molecule has 5 nitrogen and oxygen atoms in total. The molecule has 6 aromatic rings. The van der Waals surface area contributed by atoms with E-state index in [1.807, 2.05) is 54.6 Å². The third kappa shape index (κ3) is 4.08. The normalized spacial score (nSPS) is 17.6. The summed E-state index contributed by atoms with van der Waals surface area (Å²) < 4.78 is 33.0. The number of para-hydroxylation sites is 1. The van der Waals surface area contributed by atoms with Crippen LogP contribution in [0.2, 0.25) is 0 Å². The zero-order chi connectivity index (χ0) is 30.3. The summed E-state index contributed by atoms with van der Waals surface area (Å²) in [4.78, 5) is 2.22. The van der Waals surface area contributed by atoms with Gasteiger partial charge in [0.15, 0.2) is 9.84 Å². The van der Waals surface area contributed by atoms with E-state index in [9.17, 15) is 13.7 Å². The van der Waals surface area contributed by atoms with Crippen molar-refractivity contribution in [2.45, 2.75) is 23.8 Å². The summed E-state index contributed by atoms with van der Waals surface area (Å²) >= 11 is 0. The quantitative estimate of drug-likeness (QED) is 0.197. The van der Waals surface area contributed by atoms with Crippen LogP contribution in [0.3, 0.4) is 0 Å². The van der Waals surface area contributed by atoms with Gasteiger partial charge in [-0.05, 0) is 106 Å². The van der Waals surface area contributed by atoms with Crippen LogP contribution in [-0.2, 0) is 21.3 Å². The summed E-state index contributed by atoms with van der Waals surface area (Å²) in [6.45, 7) is 0. The van der Waals surface area contributed by atoms with Gasteiger partial charge in [-0.3, -0.25) is 0 Å². The smallest absolute Gasteiger partial charge is 0.158 e. The molecule has 1 unspecified atom stereocenters. The van der Waals surface area contributed by atoms with E-state index in [0.717, 1.165) is 84.4 Å². The Labute approximate surface area is 260 Å². The van der Waals surface area contributed by atoms with Crippen molar-refractivity contribution in [2.24, 2.45) is 0 Å². The summed E-state index contributed by atoms with van der Waals surface area (Å²) in [5.74, 6) is 0.131. The lowest BCUT2D eigenvalue weighted by Crippen LogP contribution is -2.15. The van der Waals surface area contributed by atoms with Crippen LogP contribution in [0.5, 0.6) is 0 Å². The van der Waals surface area contributed by atoms with Crippen molar-refractivity contribution >= 4 is 43.2 Å². The number of furan rings is 1. The molecule has 0 amide bonds. The molecule has 6 heteroatoms. The molecule has 5 aromatic carbocycles. The molecule has 9 rings (SSSR count). The molecule has 0 radical (unpaired) electrons. The number of rotatable bonds is 2. The van der Waals surface area contributed by atoms with Crippen molar-refractivity contribution in [3.8, 4) is 28.3 Å². The maximum Gasteiger partial charge on any atom is 0.158 e. The molecule has 0 fully saturated rings. The number of nitriles is 1. The molecule has 1 atom stereocenters. The predicted octanol–water partition coefficient (Wildman–Crippen LogP) is 9.30. The van der Waals surface area contributed by atoms with Gasteiger partial charge in [0.1, 0.15) is 11.2 Å². The molecule has 0 N–H and O–H groups in total. The van der Waals surface area contributed by atoms with Crippen molar-refractivity contribution < 1.29 is 12.8 Å². The molecule has 3 heterocycles. The fourth-order valence-corrected chi connectivity index (χ4v) is 8.87. The van der Waals surface area contributed by atoms with Crippen LogP contribution in [0.4, 0.5) is 11.4 Å². The van der Waals surface area contributed by atoms with Crippen molar-refractivity contribution in [1.29, 1.82) is 5.26 Å². The van der Waals surface area contributed by atoms with Crippen molar-refractivity contribution in [3.05, 3.63) is 143 Å². The van der Waals surface area contributed by atoms with Crippen LogP contribution in [0, 0.1) is 11.3 Å². The van der Waals surface area contributed by atoms with Gasteiger partial charge in [0, 0.05) is 33.8 Å². The average Bonchev–Trinajstić information content (AvgIpc) is 3.56. The second-order valence-electron chi connectivity index (χ2n) is 12.1. The number of benzene rings is 5. The van der Waals surface area contributed by atoms with E-state index in [4.69, 9.17) is 4.42 Å². The van der Waals surface area contributed by atoms with Crippen molar-refractivity contribution in [3.63, 3.8) is 0 Å². The lowest BCUT2D eigenvalue weighted by atomic mass is 9.91. The Morgan fingerprint density at radius 2 is 1.60 bits per heavy atom. The summed E-state index contributed by atoms with van der Waals surface area (Å²) in [6, 6.07) is 34.7. The van der Waals surface area contributed by atoms with Crippen molar-refractivity contribution in [1.82, 2.24) is 0 Å². The molecule has 0 saturated heterocycles. The third-order valence-electron chi connectivity index (χ3n) is 9.37. The minimum absolute atomic E-state index is 0.00323. The van der Waals surface area contributed by atoms with E-state index in [1.165, 1.54) is 0 Å². The second-order valence-corrected chi connectivity index (χ2v) is 14.1. The van der Waals surface area contributed by atoms with Gasteiger partial charge in [-0.25, -0.2) is 8.42 Å². The van der Waals surface area contributed by atoms with Crippen LogP contribution in [0.1, 0.15) is 34.6 Å². The van der Waals surface area contributed by atoms with E-state index >= 15 is 0 Å². The Hall–Kier alpha value is -5.38. The monoisotopic (exact) mass is 602 g/mol. The van der Waals surface area contributed by atoms with Crippen LogP contribution in [-0.4, -0.2) is 8.42 Å². The SMILES string of the molecule is N#Cc1ccc2c(c1)C1CC=CC=C1N2c1ccc2c(c1)CS(=O)(=O)Cc1ccc(-c3ccc4c(c3)oc3ccccc34)cc1-2. The molecule has 1 aliphatic carbocycles. The zero-order valence-electron chi connectivity index (χ0n) is 24.2. The Morgan fingerprint density at radius 3 is 2.51 bits per heavy atom. The van der Waals surface area contributed by atoms with Gasteiger partial charge >= 0.3 is 0 Å². The van der Waals surface area contributed by atoms with Gasteiger partial charge in [0.05, 0.1) is 23.1 Å². The van der Waals surface area contributed by atoms with Crippen molar-refractivity contribution in [2.75, 3.05) is 4.90 Å². The first-order valence-corrected chi connectivity index (χ1v) is 16.9. The topological polar surface area (TPSA) is 74.3 Å². The molecular formula is C39H26N2O3S. The summed E-state index contributed by atoms with van der Waals surface area (Å²) in [6.07, 6.45) is 7.22. The van der Waals surface area contributed by atoms with Crippen LogP contribution < -0.4 is 4.90 Å². The number of hydrogen-bond acceptors (Lipinski definition) is 5. The highest BCUT2D eigenvalue weighted by atomic mass is 32.2. The van der Waals surface area contributed by atoms with Gasteiger partial charge in [0.2, 0.25) is 0 Å². The van der Waals surface area contributed by atoms with E-state index in [-0.39, 0.29) is 17.4 Å². The van der Waals surface area contributed by atoms with Gasteiger partial charge < -0.3 is 9.32 Å². The molecular weight excluding hydrogens is 577 g/mol. The van der Waals surface area contributed by atoms with Gasteiger partial charge in [-0.1, -0.05) is 54.6 Å². The summed E-state index contributed by atoms with van der Waals surface area (Å²) in [7, 11) is -3.40. The minimum atomic E-state index is -3.40. The first-order chi connectivity index (χ1) is 22.0. The lowest BCUT2D eigenvalue weighted by molar-refractivity contribution is 0.595. The molecule has 2 aliphatic heterocycles. The van der Waals surface area contributed by atoms with Crippen LogP contribution >= 0.6 is 0 Å². The number of sulfone groups is 1. The summed E-state index contributed by atoms with van der Waals surface area (Å²) in [5.41, 5.74) is 12.1. The molecule has 3 aliphatic rings. The highest BCUT2D eigenvalue weighted by molar-refractivity contribution is 7.89. The Morgan fingerprint density at radius 1 is 0.778 bits per heavy atom. The third-order valence-corrected chi connectivity index (χ3v) is 10.9. The first kappa shape index (κ1) is 26.1. The van der Waals surface area contributed by atoms with Gasteiger partial charge in [-0.15, -0.1) is 0 Å². The van der Waals surface area contributed by atoms with Gasteiger partial charge in [-0.2, -0.15) is 5.26 Å². The first-order valence-electron chi connectivity index (χ1n) is 15.0. The van der Waals surface area contributed by atoms with E-state index in [2.05, 4.69) is 71.7 Å². The molecule has 0 bridgehead atoms. The van der Waals surface area contributed by atoms with E-state index in [1.54, 1.807) is 0 Å². The zero-order valence-corrected chi connectivity index (χ0v) is 25.0. The largest absolute Gasteiger partial charge is 0.456 e. The number of anilines is 2. The fourth-order valence-electron chi connectivity index (χ4n) is 7.33. The molecule has 0 saturated carbocycles. The second kappa shape index (κ2) is 9.56. The fraction of sp³-hybridized carbons (Fsp3) is 0.103. The number of fused-ring (bicyclic) bond motifs is 9. The molecule has 45 heavy (non-hydrogen) atoms. The Balaban J connectivity index is 1.17. The minimum Gasteiger partial charge on any atom is -0.456 e. The highest BCUT2D eigenvalue weighted by Gasteiger charge is 2.35. The molecule has 0 spiro atoms. The predicted molar refractivity (Wildman–Crippen MR) is 179 cm³/mol. The molecule has 1 aromatic heterocycles. The number of nitrogens with zero attached hydrogens (tertiary/aromatic N) is 2. The van der Waals surface area contributed by atoms with Crippen LogP contribution in [0.15, 0.2) is 125 Å². The standard InChI is InChI=1S/C39H26N2O3S/c40-21-24-9-16-37-35(17-24)31-5-1-3-7-36(31)41(37)29-13-15-30-28(18-29)23-45(42,43)22-27-11-10-25(19-34(27)30)26-12-14-33-32-6-2-4-8-38(32)44-39(33)20-26/h1-4,6-20,31H,5,22-23H2. The Bertz CT molecular complexity index is 2460. The lowest BCUT2D eigenvalue weighted by Gasteiger charge is -2.25. The van der Waals surface area contributed by atoms with Crippen LogP contribution in [0.25, 0.3) is 44.2 Å². The maximum atomic E-state index is 13.4. The highest BCUT2D eigenvalue weighted by Crippen LogP contribution is 2.51.